The lowest BCUT2D eigenvalue weighted by molar-refractivity contribution is -0.120. The van der Waals surface area contributed by atoms with Crippen molar-refractivity contribution in [3.63, 3.8) is 0 Å². The lowest BCUT2D eigenvalue weighted by Gasteiger charge is -2.21. The van der Waals surface area contributed by atoms with Crippen LogP contribution >= 0.6 is 15.9 Å². The second-order valence-electron chi connectivity index (χ2n) is 4.83. The number of rotatable bonds is 3. The van der Waals surface area contributed by atoms with Gasteiger partial charge in [-0.05, 0) is 43.4 Å². The Labute approximate surface area is 111 Å². The third-order valence-electron chi connectivity index (χ3n) is 3.43. The molecule has 0 atom stereocenters. The highest BCUT2D eigenvalue weighted by molar-refractivity contribution is 9.10. The van der Waals surface area contributed by atoms with Gasteiger partial charge in [-0.2, -0.15) is 0 Å². The minimum absolute atomic E-state index is 0.430. The Bertz CT molecular complexity index is 407. The number of benzene rings is 1. The van der Waals surface area contributed by atoms with E-state index in [9.17, 15) is 4.79 Å². The van der Waals surface area contributed by atoms with Crippen LogP contribution < -0.4 is 5.32 Å². The van der Waals surface area contributed by atoms with Crippen LogP contribution in [0.1, 0.15) is 31.2 Å². The maximum Gasteiger partial charge on any atom is 0.132 e. The fourth-order valence-corrected chi connectivity index (χ4v) is 2.55. The van der Waals surface area contributed by atoms with E-state index in [-0.39, 0.29) is 0 Å². The molecule has 1 fully saturated rings. The van der Waals surface area contributed by atoms with Gasteiger partial charge < -0.3 is 5.32 Å². The fraction of sp³-hybridized carbons (Fsp3) is 0.500. The van der Waals surface area contributed by atoms with E-state index in [0.717, 1.165) is 42.4 Å². The summed E-state index contributed by atoms with van der Waals surface area (Å²) in [7, 11) is 0. The molecular weight excluding hydrogens is 278 g/mol. The molecule has 0 saturated heterocycles. The first-order chi connectivity index (χ1) is 8.15. The summed E-state index contributed by atoms with van der Waals surface area (Å²) in [5.74, 6) is 1.08. The molecule has 1 aromatic carbocycles. The summed E-state index contributed by atoms with van der Waals surface area (Å²) in [6.07, 6.45) is 3.62. The third kappa shape index (κ3) is 3.56. The minimum Gasteiger partial charge on any atom is -0.385 e. The van der Waals surface area contributed by atoms with Gasteiger partial charge in [0, 0.05) is 29.5 Å². The van der Waals surface area contributed by atoms with Crippen molar-refractivity contribution in [3.8, 4) is 0 Å². The van der Waals surface area contributed by atoms with Crippen LogP contribution in [0.15, 0.2) is 22.7 Å². The van der Waals surface area contributed by atoms with Gasteiger partial charge in [0.05, 0.1) is 0 Å². The van der Waals surface area contributed by atoms with Crippen molar-refractivity contribution >= 4 is 27.4 Å². The number of anilines is 1. The standard InChI is InChI=1S/C14H18BrNO/c1-10-2-5-12(8-14(10)15)16-9-11-3-6-13(17)7-4-11/h2,5,8,11,16H,3-4,6-7,9H2,1H3. The normalized spacial score (nSPS) is 17.2. The first-order valence-corrected chi connectivity index (χ1v) is 6.96. The van der Waals surface area contributed by atoms with Crippen LogP contribution in [0.5, 0.6) is 0 Å². The predicted molar refractivity (Wildman–Crippen MR) is 74.3 cm³/mol. The molecule has 17 heavy (non-hydrogen) atoms. The van der Waals surface area contributed by atoms with Gasteiger partial charge in [-0.3, -0.25) is 4.79 Å². The van der Waals surface area contributed by atoms with Gasteiger partial charge in [0.15, 0.2) is 0 Å². The van der Waals surface area contributed by atoms with Gasteiger partial charge in [0.2, 0.25) is 0 Å². The number of carbonyl (C=O) groups is 1. The number of carbonyl (C=O) groups excluding carboxylic acids is 1. The van der Waals surface area contributed by atoms with E-state index in [1.54, 1.807) is 0 Å². The number of halogens is 1. The molecule has 2 rings (SSSR count). The summed E-state index contributed by atoms with van der Waals surface area (Å²) in [4.78, 5) is 11.1. The highest BCUT2D eigenvalue weighted by Crippen LogP contribution is 2.24. The molecule has 1 aromatic rings. The molecule has 0 bridgehead atoms. The van der Waals surface area contributed by atoms with Crippen LogP contribution in [0.3, 0.4) is 0 Å². The number of aryl methyl sites for hydroxylation is 1. The smallest absolute Gasteiger partial charge is 0.132 e. The number of ketones is 1. The Morgan fingerprint density at radius 3 is 2.71 bits per heavy atom. The summed E-state index contributed by atoms with van der Waals surface area (Å²) >= 11 is 3.54. The van der Waals surface area contributed by atoms with E-state index >= 15 is 0 Å². The molecule has 0 radical (unpaired) electrons. The Morgan fingerprint density at radius 1 is 1.35 bits per heavy atom. The molecule has 92 valence electrons. The van der Waals surface area contributed by atoms with Gasteiger partial charge in [0.25, 0.3) is 0 Å². The topological polar surface area (TPSA) is 29.1 Å². The second-order valence-corrected chi connectivity index (χ2v) is 5.68. The van der Waals surface area contributed by atoms with Crippen LogP contribution in [0.25, 0.3) is 0 Å². The molecule has 0 unspecified atom stereocenters. The first kappa shape index (κ1) is 12.6. The summed E-state index contributed by atoms with van der Waals surface area (Å²) in [5, 5.41) is 3.46. The Hall–Kier alpha value is -0.830. The largest absolute Gasteiger partial charge is 0.385 e. The van der Waals surface area contributed by atoms with Crippen LogP contribution in [-0.2, 0) is 4.79 Å². The zero-order valence-electron chi connectivity index (χ0n) is 10.1. The highest BCUT2D eigenvalue weighted by atomic mass is 79.9. The fourth-order valence-electron chi connectivity index (χ4n) is 2.17. The van der Waals surface area contributed by atoms with Crippen LogP contribution in [0, 0.1) is 12.8 Å². The number of hydrogen-bond donors (Lipinski definition) is 1. The monoisotopic (exact) mass is 295 g/mol. The average molecular weight is 296 g/mol. The lowest BCUT2D eigenvalue weighted by Crippen LogP contribution is -2.21. The quantitative estimate of drug-likeness (QED) is 0.915. The molecule has 0 amide bonds. The van der Waals surface area contributed by atoms with Crippen LogP contribution in [-0.4, -0.2) is 12.3 Å². The molecule has 0 heterocycles. The van der Waals surface area contributed by atoms with Gasteiger partial charge in [-0.15, -0.1) is 0 Å². The average Bonchev–Trinajstić information content (AvgIpc) is 2.33. The highest BCUT2D eigenvalue weighted by Gasteiger charge is 2.18. The first-order valence-electron chi connectivity index (χ1n) is 6.17. The Balaban J connectivity index is 1.85. The minimum atomic E-state index is 0.430. The summed E-state index contributed by atoms with van der Waals surface area (Å²) < 4.78 is 1.14. The van der Waals surface area contributed by atoms with E-state index in [4.69, 9.17) is 0 Å². The molecule has 1 N–H and O–H groups in total. The molecule has 0 aromatic heterocycles. The molecule has 0 aliphatic heterocycles. The SMILES string of the molecule is Cc1ccc(NCC2CCC(=O)CC2)cc1Br. The van der Waals surface area contributed by atoms with Crippen molar-refractivity contribution in [2.75, 3.05) is 11.9 Å². The molecule has 0 spiro atoms. The van der Waals surface area contributed by atoms with E-state index in [1.165, 1.54) is 5.56 Å². The molecule has 2 nitrogen and oxygen atoms in total. The van der Waals surface area contributed by atoms with Crippen molar-refractivity contribution < 1.29 is 4.79 Å². The summed E-state index contributed by atoms with van der Waals surface area (Å²) in [6.45, 7) is 3.06. The third-order valence-corrected chi connectivity index (χ3v) is 4.28. The zero-order valence-corrected chi connectivity index (χ0v) is 11.7. The molecule has 3 heteroatoms. The Kier molecular flexibility index (Phi) is 4.21. The summed E-state index contributed by atoms with van der Waals surface area (Å²) in [5.41, 5.74) is 2.40. The van der Waals surface area contributed by atoms with E-state index in [0.29, 0.717) is 11.7 Å². The van der Waals surface area contributed by atoms with Crippen molar-refractivity contribution in [1.29, 1.82) is 0 Å². The molecule has 1 aliphatic carbocycles. The molecular formula is C14H18BrNO. The number of nitrogens with one attached hydrogen (secondary N) is 1. The van der Waals surface area contributed by atoms with Crippen molar-refractivity contribution in [2.24, 2.45) is 5.92 Å². The lowest BCUT2D eigenvalue weighted by atomic mass is 9.88. The molecule has 1 saturated carbocycles. The molecule has 1 aliphatic rings. The van der Waals surface area contributed by atoms with Gasteiger partial charge in [-0.1, -0.05) is 22.0 Å². The van der Waals surface area contributed by atoms with Crippen LogP contribution in [0.2, 0.25) is 0 Å². The summed E-state index contributed by atoms with van der Waals surface area (Å²) in [6, 6.07) is 6.33. The predicted octanol–water partition coefficient (Wildman–Crippen LogP) is 3.93. The Morgan fingerprint density at radius 2 is 2.06 bits per heavy atom. The number of hydrogen-bond acceptors (Lipinski definition) is 2. The van der Waals surface area contributed by atoms with Crippen molar-refractivity contribution in [1.82, 2.24) is 0 Å². The van der Waals surface area contributed by atoms with Gasteiger partial charge in [-0.25, -0.2) is 0 Å². The van der Waals surface area contributed by atoms with Crippen molar-refractivity contribution in [2.45, 2.75) is 32.6 Å². The van der Waals surface area contributed by atoms with E-state index < -0.39 is 0 Å². The van der Waals surface area contributed by atoms with E-state index in [1.807, 2.05) is 0 Å². The van der Waals surface area contributed by atoms with Crippen LogP contribution in [0.4, 0.5) is 5.69 Å². The van der Waals surface area contributed by atoms with E-state index in [2.05, 4.69) is 46.4 Å². The zero-order chi connectivity index (χ0) is 12.3. The second kappa shape index (κ2) is 5.67. The van der Waals surface area contributed by atoms with Gasteiger partial charge in [0.1, 0.15) is 5.78 Å². The van der Waals surface area contributed by atoms with Gasteiger partial charge >= 0.3 is 0 Å². The van der Waals surface area contributed by atoms with Crippen molar-refractivity contribution in [3.05, 3.63) is 28.2 Å². The maximum atomic E-state index is 11.1. The number of Topliss-reactive ketones (excluding diaryl/α,β-unsaturated/α-hetero) is 1. The maximum absolute atomic E-state index is 11.1.